The molecule has 2 rings (SSSR count). The maximum Gasteiger partial charge on any atom is 0.0299 e. The standard InChI is InChI=1S/C13H22N2S/c14-7-4-8-15-10-12-9-11-5-2-1-3-6-13(11)16-12/h9,15H,1-8,10,14H2. The molecule has 0 spiro atoms. The molecule has 0 saturated heterocycles. The van der Waals surface area contributed by atoms with Crippen LogP contribution in [-0.2, 0) is 19.4 Å². The van der Waals surface area contributed by atoms with E-state index in [-0.39, 0.29) is 0 Å². The van der Waals surface area contributed by atoms with Gasteiger partial charge in [0.15, 0.2) is 0 Å². The van der Waals surface area contributed by atoms with Crippen molar-refractivity contribution in [2.45, 2.75) is 45.1 Å². The maximum absolute atomic E-state index is 5.47. The van der Waals surface area contributed by atoms with Gasteiger partial charge < -0.3 is 11.1 Å². The van der Waals surface area contributed by atoms with Crippen LogP contribution in [0.4, 0.5) is 0 Å². The minimum Gasteiger partial charge on any atom is -0.330 e. The van der Waals surface area contributed by atoms with E-state index in [1.165, 1.54) is 37.0 Å². The monoisotopic (exact) mass is 238 g/mol. The Morgan fingerprint density at radius 2 is 2.12 bits per heavy atom. The first-order chi connectivity index (χ1) is 7.90. The number of hydrogen-bond donors (Lipinski definition) is 2. The lowest BCUT2D eigenvalue weighted by Gasteiger charge is -2.00. The van der Waals surface area contributed by atoms with Crippen molar-refractivity contribution in [1.29, 1.82) is 0 Å². The van der Waals surface area contributed by atoms with Crippen LogP contribution in [0.3, 0.4) is 0 Å². The van der Waals surface area contributed by atoms with Crippen LogP contribution in [0.1, 0.15) is 41.0 Å². The summed E-state index contributed by atoms with van der Waals surface area (Å²) in [7, 11) is 0. The van der Waals surface area contributed by atoms with Crippen molar-refractivity contribution in [2.24, 2.45) is 5.73 Å². The fraction of sp³-hybridized carbons (Fsp3) is 0.692. The second-order valence-corrected chi connectivity index (χ2v) is 5.76. The summed E-state index contributed by atoms with van der Waals surface area (Å²) in [5.41, 5.74) is 7.09. The third kappa shape index (κ3) is 3.30. The molecule has 1 aromatic rings. The van der Waals surface area contributed by atoms with Crippen molar-refractivity contribution in [3.63, 3.8) is 0 Å². The molecule has 1 aliphatic rings. The number of fused-ring (bicyclic) bond motifs is 1. The minimum atomic E-state index is 0.786. The molecule has 90 valence electrons. The van der Waals surface area contributed by atoms with Gasteiger partial charge in [-0.25, -0.2) is 0 Å². The van der Waals surface area contributed by atoms with Crippen LogP contribution in [-0.4, -0.2) is 13.1 Å². The van der Waals surface area contributed by atoms with E-state index < -0.39 is 0 Å². The van der Waals surface area contributed by atoms with Gasteiger partial charge in [-0.05, 0) is 56.8 Å². The summed E-state index contributed by atoms with van der Waals surface area (Å²) in [6, 6.07) is 2.42. The van der Waals surface area contributed by atoms with Gasteiger partial charge in [0.25, 0.3) is 0 Å². The Bertz CT molecular complexity index is 296. The number of thiophene rings is 1. The predicted octanol–water partition coefficient (Wildman–Crippen LogP) is 2.46. The van der Waals surface area contributed by atoms with Gasteiger partial charge in [-0.1, -0.05) is 6.42 Å². The molecule has 16 heavy (non-hydrogen) atoms. The van der Waals surface area contributed by atoms with Crippen molar-refractivity contribution < 1.29 is 0 Å². The summed E-state index contributed by atoms with van der Waals surface area (Å²) in [6.07, 6.45) is 7.85. The highest BCUT2D eigenvalue weighted by Crippen LogP contribution is 2.28. The van der Waals surface area contributed by atoms with Crippen LogP contribution < -0.4 is 11.1 Å². The first-order valence-corrected chi connectivity index (χ1v) is 7.23. The summed E-state index contributed by atoms with van der Waals surface area (Å²) in [4.78, 5) is 3.15. The lowest BCUT2D eigenvalue weighted by atomic mass is 10.1. The molecule has 1 aliphatic carbocycles. The lowest BCUT2D eigenvalue weighted by molar-refractivity contribution is 0.660. The number of nitrogens with one attached hydrogen (secondary N) is 1. The average Bonchev–Trinajstić information content (AvgIpc) is 2.55. The molecule has 1 heterocycles. The van der Waals surface area contributed by atoms with Gasteiger partial charge in [-0.15, -0.1) is 11.3 Å². The van der Waals surface area contributed by atoms with Crippen LogP contribution in [0.25, 0.3) is 0 Å². The zero-order chi connectivity index (χ0) is 11.2. The van der Waals surface area contributed by atoms with Gasteiger partial charge in [-0.2, -0.15) is 0 Å². The number of rotatable bonds is 5. The van der Waals surface area contributed by atoms with Crippen molar-refractivity contribution in [1.82, 2.24) is 5.32 Å². The molecule has 0 radical (unpaired) electrons. The summed E-state index contributed by atoms with van der Waals surface area (Å²) in [5.74, 6) is 0. The molecule has 0 aromatic carbocycles. The fourth-order valence-corrected chi connectivity index (χ4v) is 3.49. The van der Waals surface area contributed by atoms with Gasteiger partial charge in [0, 0.05) is 16.3 Å². The van der Waals surface area contributed by atoms with E-state index in [2.05, 4.69) is 11.4 Å². The Hall–Kier alpha value is -0.380. The van der Waals surface area contributed by atoms with E-state index in [0.717, 1.165) is 26.1 Å². The van der Waals surface area contributed by atoms with E-state index in [0.29, 0.717) is 0 Å². The number of nitrogens with two attached hydrogens (primary N) is 1. The van der Waals surface area contributed by atoms with Crippen molar-refractivity contribution in [3.05, 3.63) is 21.4 Å². The van der Waals surface area contributed by atoms with E-state index in [4.69, 9.17) is 5.73 Å². The Morgan fingerprint density at radius 1 is 1.25 bits per heavy atom. The van der Waals surface area contributed by atoms with Gasteiger partial charge in [-0.3, -0.25) is 0 Å². The van der Waals surface area contributed by atoms with E-state index >= 15 is 0 Å². The highest BCUT2D eigenvalue weighted by Gasteiger charge is 2.11. The molecule has 3 N–H and O–H groups in total. The SMILES string of the molecule is NCCCNCc1cc2c(s1)CCCCC2. The van der Waals surface area contributed by atoms with Crippen molar-refractivity contribution in [2.75, 3.05) is 13.1 Å². The summed E-state index contributed by atoms with van der Waals surface area (Å²) in [5, 5.41) is 3.46. The Morgan fingerprint density at radius 3 is 3.00 bits per heavy atom. The maximum atomic E-state index is 5.47. The van der Waals surface area contributed by atoms with Crippen molar-refractivity contribution >= 4 is 11.3 Å². The van der Waals surface area contributed by atoms with E-state index in [1.54, 1.807) is 10.4 Å². The summed E-state index contributed by atoms with van der Waals surface area (Å²) >= 11 is 2.01. The highest BCUT2D eigenvalue weighted by molar-refractivity contribution is 7.12. The van der Waals surface area contributed by atoms with E-state index in [1.807, 2.05) is 11.3 Å². The molecule has 0 fully saturated rings. The highest BCUT2D eigenvalue weighted by atomic mass is 32.1. The van der Waals surface area contributed by atoms with Crippen LogP contribution >= 0.6 is 11.3 Å². The Balaban J connectivity index is 1.86. The Kier molecular flexibility index (Phi) is 4.82. The molecular weight excluding hydrogens is 216 g/mol. The number of aryl methyl sites for hydroxylation is 2. The second-order valence-electron chi connectivity index (χ2n) is 4.54. The van der Waals surface area contributed by atoms with Crippen LogP contribution in [0.2, 0.25) is 0 Å². The molecule has 0 unspecified atom stereocenters. The Labute approximate surface area is 102 Å². The van der Waals surface area contributed by atoms with Crippen LogP contribution in [0, 0.1) is 0 Å². The molecule has 0 bridgehead atoms. The molecule has 0 aliphatic heterocycles. The molecule has 2 nitrogen and oxygen atoms in total. The first kappa shape index (κ1) is 12.1. The second kappa shape index (κ2) is 6.38. The largest absolute Gasteiger partial charge is 0.330 e. The van der Waals surface area contributed by atoms with Gasteiger partial charge in [0.05, 0.1) is 0 Å². The minimum absolute atomic E-state index is 0.786. The molecule has 0 saturated carbocycles. The smallest absolute Gasteiger partial charge is 0.0299 e. The normalized spacial score (nSPS) is 15.8. The zero-order valence-corrected chi connectivity index (χ0v) is 10.7. The summed E-state index contributed by atoms with van der Waals surface area (Å²) in [6.45, 7) is 2.85. The topological polar surface area (TPSA) is 38.0 Å². The van der Waals surface area contributed by atoms with Gasteiger partial charge >= 0.3 is 0 Å². The van der Waals surface area contributed by atoms with Gasteiger partial charge in [0.2, 0.25) is 0 Å². The van der Waals surface area contributed by atoms with Gasteiger partial charge in [0.1, 0.15) is 0 Å². The third-order valence-electron chi connectivity index (χ3n) is 3.15. The molecule has 0 amide bonds. The molecular formula is C13H22N2S. The third-order valence-corrected chi connectivity index (χ3v) is 4.39. The fourth-order valence-electron chi connectivity index (χ4n) is 2.25. The van der Waals surface area contributed by atoms with Crippen LogP contribution in [0.5, 0.6) is 0 Å². The average molecular weight is 238 g/mol. The van der Waals surface area contributed by atoms with E-state index in [9.17, 15) is 0 Å². The first-order valence-electron chi connectivity index (χ1n) is 6.41. The quantitative estimate of drug-likeness (QED) is 0.611. The zero-order valence-electron chi connectivity index (χ0n) is 9.93. The number of hydrogen-bond acceptors (Lipinski definition) is 3. The predicted molar refractivity (Wildman–Crippen MR) is 71.0 cm³/mol. The van der Waals surface area contributed by atoms with Crippen LogP contribution in [0.15, 0.2) is 6.07 Å². The van der Waals surface area contributed by atoms with Crippen molar-refractivity contribution in [3.8, 4) is 0 Å². The molecule has 0 atom stereocenters. The molecule has 3 heteroatoms. The molecule has 1 aromatic heterocycles. The summed E-state index contributed by atoms with van der Waals surface area (Å²) < 4.78 is 0. The lowest BCUT2D eigenvalue weighted by Crippen LogP contribution is -2.17.